The number of rotatable bonds is 8. The fourth-order valence-corrected chi connectivity index (χ4v) is 3.48. The zero-order valence-electron chi connectivity index (χ0n) is 18.3. The Labute approximate surface area is 185 Å². The molecule has 0 atom stereocenters. The van der Waals surface area contributed by atoms with Crippen LogP contribution < -0.4 is 31.4 Å². The van der Waals surface area contributed by atoms with Gasteiger partial charge >= 0.3 is 5.69 Å². The average Bonchev–Trinajstić information content (AvgIpc) is 2.79. The number of benzene rings is 2. The molecule has 0 radical (unpaired) electrons. The number of hydrogen-bond donors (Lipinski definition) is 2. The Bertz CT molecular complexity index is 1220. The maximum atomic E-state index is 13.1. The molecule has 9 nitrogen and oxygen atoms in total. The van der Waals surface area contributed by atoms with Crippen LogP contribution in [0.25, 0.3) is 0 Å². The van der Waals surface area contributed by atoms with Crippen LogP contribution >= 0.6 is 0 Å². The molecule has 0 aliphatic rings. The molecule has 32 heavy (non-hydrogen) atoms. The first-order chi connectivity index (χ1) is 15.4. The van der Waals surface area contributed by atoms with E-state index >= 15 is 0 Å². The van der Waals surface area contributed by atoms with E-state index in [4.69, 9.17) is 15.2 Å². The number of nitrogens with one attached hydrogen (secondary N) is 1. The molecule has 2 aromatic carbocycles. The molecular formula is C23H26N4O5. The number of aromatic nitrogens is 2. The molecule has 0 bridgehead atoms. The predicted octanol–water partition coefficient (Wildman–Crippen LogP) is 1.78. The van der Waals surface area contributed by atoms with Gasteiger partial charge in [0.15, 0.2) is 17.2 Å². The summed E-state index contributed by atoms with van der Waals surface area (Å²) >= 11 is 0. The molecule has 9 heteroatoms. The fraction of sp³-hybridized carbons (Fsp3) is 0.261. The maximum Gasteiger partial charge on any atom is 0.330 e. The molecule has 0 saturated heterocycles. The van der Waals surface area contributed by atoms with Crippen LogP contribution in [0.1, 0.15) is 18.1 Å². The highest BCUT2D eigenvalue weighted by Gasteiger charge is 2.23. The minimum absolute atomic E-state index is 0.00485. The van der Waals surface area contributed by atoms with Gasteiger partial charge in [-0.25, -0.2) is 4.79 Å². The number of aromatic amines is 1. The first-order valence-corrected chi connectivity index (χ1v) is 10.1. The Hall–Kier alpha value is -4.01. The van der Waals surface area contributed by atoms with Gasteiger partial charge in [0.05, 0.1) is 27.2 Å². The van der Waals surface area contributed by atoms with Gasteiger partial charge in [-0.05, 0) is 30.2 Å². The van der Waals surface area contributed by atoms with Gasteiger partial charge < -0.3 is 20.1 Å². The molecule has 0 aliphatic carbocycles. The van der Waals surface area contributed by atoms with Crippen molar-refractivity contribution in [2.75, 3.05) is 31.4 Å². The largest absolute Gasteiger partial charge is 0.493 e. The topological polar surface area (TPSA) is 120 Å². The van der Waals surface area contributed by atoms with Crippen LogP contribution in [0.2, 0.25) is 0 Å². The molecule has 0 saturated carbocycles. The lowest BCUT2D eigenvalue weighted by Gasteiger charge is -2.23. The van der Waals surface area contributed by atoms with Crippen molar-refractivity contribution in [2.45, 2.75) is 19.9 Å². The molecule has 3 aromatic rings. The van der Waals surface area contributed by atoms with Gasteiger partial charge in [0.1, 0.15) is 5.82 Å². The van der Waals surface area contributed by atoms with Crippen molar-refractivity contribution in [1.29, 1.82) is 0 Å². The van der Waals surface area contributed by atoms with Gasteiger partial charge in [0, 0.05) is 6.54 Å². The number of nitrogens with two attached hydrogens (primary N) is 1. The minimum Gasteiger partial charge on any atom is -0.493 e. The second-order valence-electron chi connectivity index (χ2n) is 7.07. The molecular weight excluding hydrogens is 412 g/mol. The number of amides is 1. The van der Waals surface area contributed by atoms with Crippen molar-refractivity contribution >= 4 is 17.4 Å². The number of carbonyl (C=O) groups excluding carboxylic acids is 1. The van der Waals surface area contributed by atoms with Crippen molar-refractivity contribution in [3.8, 4) is 11.5 Å². The van der Waals surface area contributed by atoms with E-state index in [1.807, 2.05) is 30.3 Å². The van der Waals surface area contributed by atoms with E-state index in [1.165, 1.54) is 23.7 Å². The summed E-state index contributed by atoms with van der Waals surface area (Å²) in [4.78, 5) is 41.7. The average molecular weight is 438 g/mol. The molecule has 0 aliphatic heterocycles. The highest BCUT2D eigenvalue weighted by molar-refractivity contribution is 5.96. The van der Waals surface area contributed by atoms with Gasteiger partial charge in [-0.3, -0.25) is 19.1 Å². The quantitative estimate of drug-likeness (QED) is 0.553. The van der Waals surface area contributed by atoms with Crippen LogP contribution in [0.5, 0.6) is 11.5 Å². The molecule has 0 spiro atoms. The summed E-state index contributed by atoms with van der Waals surface area (Å²) < 4.78 is 11.8. The first-order valence-electron chi connectivity index (χ1n) is 10.1. The summed E-state index contributed by atoms with van der Waals surface area (Å²) in [6.45, 7) is 2.09. The number of anilines is 2. The molecule has 168 valence electrons. The predicted molar refractivity (Wildman–Crippen MR) is 123 cm³/mol. The lowest BCUT2D eigenvalue weighted by atomic mass is 10.1. The minimum atomic E-state index is -0.709. The van der Waals surface area contributed by atoms with Crippen LogP contribution in [0.3, 0.4) is 0 Å². The van der Waals surface area contributed by atoms with E-state index in [-0.39, 0.29) is 36.9 Å². The number of ether oxygens (including phenoxy) is 2. The zero-order valence-corrected chi connectivity index (χ0v) is 18.3. The van der Waals surface area contributed by atoms with Crippen LogP contribution in [-0.2, 0) is 17.8 Å². The van der Waals surface area contributed by atoms with E-state index in [2.05, 4.69) is 4.98 Å². The summed E-state index contributed by atoms with van der Waals surface area (Å²) in [5, 5.41) is 0. The normalized spacial score (nSPS) is 10.6. The summed E-state index contributed by atoms with van der Waals surface area (Å²) in [5.41, 5.74) is 6.36. The number of nitrogens with zero attached hydrogens (tertiary/aromatic N) is 2. The van der Waals surface area contributed by atoms with Crippen molar-refractivity contribution in [3.05, 3.63) is 80.5 Å². The van der Waals surface area contributed by atoms with Gasteiger partial charge in [-0.2, -0.15) is 0 Å². The lowest BCUT2D eigenvalue weighted by Crippen LogP contribution is -2.41. The standard InChI is InChI=1S/C23H26N4O5/c1-4-26(19(28)13-16-10-11-17(31-2)18(12-16)32-3)20-21(24)27(23(30)25-22(20)29)14-15-8-6-5-7-9-15/h5-12H,4,13-14,24H2,1-3H3,(H,25,29,30). The highest BCUT2D eigenvalue weighted by Crippen LogP contribution is 2.28. The maximum absolute atomic E-state index is 13.1. The Kier molecular flexibility index (Phi) is 6.99. The highest BCUT2D eigenvalue weighted by atomic mass is 16.5. The van der Waals surface area contributed by atoms with Crippen LogP contribution in [-0.4, -0.2) is 36.2 Å². The summed E-state index contributed by atoms with van der Waals surface area (Å²) in [7, 11) is 3.04. The van der Waals surface area contributed by atoms with Gasteiger partial charge in [-0.1, -0.05) is 36.4 Å². The molecule has 1 heterocycles. The third kappa shape index (κ3) is 4.66. The Balaban J connectivity index is 1.96. The third-order valence-corrected chi connectivity index (χ3v) is 5.09. The van der Waals surface area contributed by atoms with Gasteiger partial charge in [-0.15, -0.1) is 0 Å². The number of methoxy groups -OCH3 is 2. The molecule has 1 aromatic heterocycles. The smallest absolute Gasteiger partial charge is 0.330 e. The first kappa shape index (κ1) is 22.7. The van der Waals surface area contributed by atoms with E-state index in [0.29, 0.717) is 17.1 Å². The Morgan fingerprint density at radius 3 is 2.34 bits per heavy atom. The SMILES string of the molecule is CCN(C(=O)Cc1ccc(OC)c(OC)c1)c1c(N)n(Cc2ccccc2)c(=O)[nH]c1=O. The third-order valence-electron chi connectivity index (χ3n) is 5.09. The summed E-state index contributed by atoms with van der Waals surface area (Å²) in [6.07, 6.45) is 0.00485. The van der Waals surface area contributed by atoms with Crippen LogP contribution in [0.15, 0.2) is 58.1 Å². The molecule has 3 rings (SSSR count). The van der Waals surface area contributed by atoms with Crippen molar-refractivity contribution in [3.63, 3.8) is 0 Å². The lowest BCUT2D eigenvalue weighted by molar-refractivity contribution is -0.117. The van der Waals surface area contributed by atoms with Crippen molar-refractivity contribution in [2.24, 2.45) is 0 Å². The molecule has 0 fully saturated rings. The number of likely N-dealkylation sites (N-methyl/N-ethyl adjacent to an activating group) is 1. The number of nitrogen functional groups attached to an aromatic ring is 1. The van der Waals surface area contributed by atoms with E-state index in [0.717, 1.165) is 5.56 Å². The van der Waals surface area contributed by atoms with E-state index in [9.17, 15) is 14.4 Å². The molecule has 0 unspecified atom stereocenters. The molecule has 3 N–H and O–H groups in total. The van der Waals surface area contributed by atoms with Crippen LogP contribution in [0, 0.1) is 0 Å². The second-order valence-corrected chi connectivity index (χ2v) is 7.07. The van der Waals surface area contributed by atoms with Crippen molar-refractivity contribution < 1.29 is 14.3 Å². The van der Waals surface area contributed by atoms with E-state index < -0.39 is 11.2 Å². The monoisotopic (exact) mass is 438 g/mol. The van der Waals surface area contributed by atoms with Gasteiger partial charge in [0.2, 0.25) is 5.91 Å². The van der Waals surface area contributed by atoms with E-state index in [1.54, 1.807) is 25.1 Å². The van der Waals surface area contributed by atoms with Crippen molar-refractivity contribution in [1.82, 2.24) is 9.55 Å². The zero-order chi connectivity index (χ0) is 23.3. The summed E-state index contributed by atoms with van der Waals surface area (Å²) in [6, 6.07) is 14.4. The fourth-order valence-electron chi connectivity index (χ4n) is 3.48. The number of hydrogen-bond acceptors (Lipinski definition) is 6. The Morgan fingerprint density at radius 1 is 1.03 bits per heavy atom. The second kappa shape index (κ2) is 9.86. The van der Waals surface area contributed by atoms with Crippen LogP contribution in [0.4, 0.5) is 11.5 Å². The number of H-pyrrole nitrogens is 1. The van der Waals surface area contributed by atoms with Gasteiger partial charge in [0.25, 0.3) is 5.56 Å². The summed E-state index contributed by atoms with van der Waals surface area (Å²) in [5.74, 6) is 0.631. The Morgan fingerprint density at radius 2 is 1.72 bits per heavy atom. The number of carbonyl (C=O) groups is 1. The molecule has 1 amide bonds.